The van der Waals surface area contributed by atoms with Gasteiger partial charge in [-0.15, -0.1) is 0 Å². The molecule has 10 heavy (non-hydrogen) atoms. The number of aliphatic hydroxyl groups is 1. The van der Waals surface area contributed by atoms with Crippen LogP contribution in [0.4, 0.5) is 0 Å². The second kappa shape index (κ2) is 1.83. The van der Waals surface area contributed by atoms with Gasteiger partial charge < -0.3 is 9.84 Å². The number of carbonyl (C=O) groups is 1. The average molecular weight is 140 g/mol. The molecule has 1 aliphatic carbocycles. The molecule has 2 rings (SSSR count). The summed E-state index contributed by atoms with van der Waals surface area (Å²) in [4.78, 5) is 10.7. The molecule has 1 N–H and O–H groups in total. The number of aliphatic hydroxyl groups excluding tert-OH is 1. The van der Waals surface area contributed by atoms with Crippen molar-refractivity contribution >= 4 is 5.97 Å². The van der Waals surface area contributed by atoms with Gasteiger partial charge in [0.25, 0.3) is 0 Å². The number of fused-ring (bicyclic) bond motifs is 1. The predicted octanol–water partition coefficient (Wildman–Crippen LogP) is -0.151. The van der Waals surface area contributed by atoms with E-state index in [1.165, 1.54) is 0 Å². The molecule has 0 aromatic rings. The first-order chi connectivity index (χ1) is 4.79. The first-order valence-electron chi connectivity index (χ1n) is 3.34. The standard InChI is InChI=1S/C7H8O3/c8-6-4-2-1-3-5(4)10-7(6)9/h1,3-6,8H,2H2/t4-,5+,6+/m0/s1. The van der Waals surface area contributed by atoms with Crippen LogP contribution in [0.25, 0.3) is 0 Å². The third-order valence-electron chi connectivity index (χ3n) is 2.06. The summed E-state index contributed by atoms with van der Waals surface area (Å²) in [6.45, 7) is 0. The fourth-order valence-electron chi connectivity index (χ4n) is 1.46. The maximum absolute atomic E-state index is 10.7. The molecule has 0 amide bonds. The van der Waals surface area contributed by atoms with Gasteiger partial charge in [0.05, 0.1) is 0 Å². The quantitative estimate of drug-likeness (QED) is 0.376. The van der Waals surface area contributed by atoms with E-state index in [0.29, 0.717) is 0 Å². The Morgan fingerprint density at radius 3 is 3.20 bits per heavy atom. The van der Waals surface area contributed by atoms with Crippen molar-refractivity contribution in [1.82, 2.24) is 0 Å². The molecule has 0 saturated carbocycles. The van der Waals surface area contributed by atoms with Crippen LogP contribution in [0.1, 0.15) is 6.42 Å². The molecule has 1 saturated heterocycles. The fraction of sp³-hybridized carbons (Fsp3) is 0.571. The van der Waals surface area contributed by atoms with E-state index < -0.39 is 12.1 Å². The third kappa shape index (κ3) is 0.609. The van der Waals surface area contributed by atoms with Crippen LogP contribution in [-0.4, -0.2) is 23.3 Å². The van der Waals surface area contributed by atoms with Gasteiger partial charge in [-0.05, 0) is 12.5 Å². The van der Waals surface area contributed by atoms with E-state index in [9.17, 15) is 4.79 Å². The molecule has 3 heteroatoms. The number of ether oxygens (including phenoxy) is 1. The van der Waals surface area contributed by atoms with Crippen LogP contribution in [0.5, 0.6) is 0 Å². The van der Waals surface area contributed by atoms with Gasteiger partial charge in [0.15, 0.2) is 6.10 Å². The average Bonchev–Trinajstić information content (AvgIpc) is 2.41. The lowest BCUT2D eigenvalue weighted by Crippen LogP contribution is -2.21. The summed E-state index contributed by atoms with van der Waals surface area (Å²) in [5.74, 6) is -0.480. The highest BCUT2D eigenvalue weighted by Gasteiger charge is 2.43. The van der Waals surface area contributed by atoms with Gasteiger partial charge in [0.2, 0.25) is 0 Å². The second-order valence-corrected chi connectivity index (χ2v) is 2.67. The van der Waals surface area contributed by atoms with Gasteiger partial charge in [-0.2, -0.15) is 0 Å². The molecule has 3 atom stereocenters. The van der Waals surface area contributed by atoms with E-state index in [1.54, 1.807) is 0 Å². The van der Waals surface area contributed by atoms with Gasteiger partial charge in [-0.1, -0.05) is 6.08 Å². The van der Waals surface area contributed by atoms with Crippen LogP contribution in [0.2, 0.25) is 0 Å². The van der Waals surface area contributed by atoms with Crippen LogP contribution >= 0.6 is 0 Å². The van der Waals surface area contributed by atoms with Crippen molar-refractivity contribution in [2.75, 3.05) is 0 Å². The Bertz CT molecular complexity index is 197. The molecule has 0 spiro atoms. The van der Waals surface area contributed by atoms with Crippen LogP contribution in [0, 0.1) is 5.92 Å². The second-order valence-electron chi connectivity index (χ2n) is 2.67. The molecule has 0 aromatic heterocycles. The Balaban J connectivity index is 2.22. The molecule has 1 aliphatic heterocycles. The molecular weight excluding hydrogens is 132 g/mol. The summed E-state index contributed by atoms with van der Waals surface area (Å²) >= 11 is 0. The molecule has 1 heterocycles. The molecular formula is C7H8O3. The van der Waals surface area contributed by atoms with Crippen molar-refractivity contribution in [3.05, 3.63) is 12.2 Å². The van der Waals surface area contributed by atoms with E-state index in [1.807, 2.05) is 12.2 Å². The maximum atomic E-state index is 10.7. The minimum atomic E-state index is -0.889. The number of allylic oxidation sites excluding steroid dienone is 1. The van der Waals surface area contributed by atoms with Crippen molar-refractivity contribution in [3.63, 3.8) is 0 Å². The molecule has 0 unspecified atom stereocenters. The Hall–Kier alpha value is -0.830. The van der Waals surface area contributed by atoms with Crippen molar-refractivity contribution in [3.8, 4) is 0 Å². The Kier molecular flexibility index (Phi) is 1.08. The number of esters is 1. The molecule has 0 bridgehead atoms. The summed E-state index contributed by atoms with van der Waals surface area (Å²) < 4.78 is 4.82. The number of rotatable bonds is 0. The van der Waals surface area contributed by atoms with Gasteiger partial charge in [-0.3, -0.25) is 0 Å². The molecule has 54 valence electrons. The minimum Gasteiger partial charge on any atom is -0.456 e. The summed E-state index contributed by atoms with van der Waals surface area (Å²) in [6.07, 6.45) is 3.49. The lowest BCUT2D eigenvalue weighted by Gasteiger charge is -2.05. The zero-order chi connectivity index (χ0) is 7.14. The van der Waals surface area contributed by atoms with Crippen LogP contribution in [0.15, 0.2) is 12.2 Å². The fourth-order valence-corrected chi connectivity index (χ4v) is 1.46. The Morgan fingerprint density at radius 2 is 2.50 bits per heavy atom. The zero-order valence-electron chi connectivity index (χ0n) is 5.36. The van der Waals surface area contributed by atoms with Crippen LogP contribution in [0.3, 0.4) is 0 Å². The molecule has 0 aromatic carbocycles. The summed E-state index contributed by atoms with van der Waals surface area (Å²) in [5, 5.41) is 9.15. The lowest BCUT2D eigenvalue weighted by atomic mass is 10.0. The van der Waals surface area contributed by atoms with Crippen molar-refractivity contribution in [1.29, 1.82) is 0 Å². The van der Waals surface area contributed by atoms with Gasteiger partial charge in [0.1, 0.15) is 6.10 Å². The number of carbonyl (C=O) groups excluding carboxylic acids is 1. The van der Waals surface area contributed by atoms with E-state index >= 15 is 0 Å². The summed E-state index contributed by atoms with van der Waals surface area (Å²) in [6, 6.07) is 0. The minimum absolute atomic E-state index is 0.00694. The highest BCUT2D eigenvalue weighted by atomic mass is 16.6. The normalized spacial score (nSPS) is 43.7. The first kappa shape index (κ1) is 5.92. The Morgan fingerprint density at radius 1 is 1.70 bits per heavy atom. The summed E-state index contributed by atoms with van der Waals surface area (Å²) in [7, 11) is 0. The van der Waals surface area contributed by atoms with Gasteiger partial charge >= 0.3 is 5.97 Å². The highest BCUT2D eigenvalue weighted by molar-refractivity contribution is 5.77. The molecule has 0 radical (unpaired) electrons. The monoisotopic (exact) mass is 140 g/mol. The highest BCUT2D eigenvalue weighted by Crippen LogP contribution is 2.31. The molecule has 3 nitrogen and oxygen atoms in total. The number of hydrogen-bond acceptors (Lipinski definition) is 3. The van der Waals surface area contributed by atoms with Crippen LogP contribution in [-0.2, 0) is 9.53 Å². The largest absolute Gasteiger partial charge is 0.456 e. The van der Waals surface area contributed by atoms with Gasteiger partial charge in [-0.25, -0.2) is 4.79 Å². The molecule has 2 aliphatic rings. The SMILES string of the molecule is O=C1O[C@@H]2C=CC[C@@H]2[C@H]1O. The summed E-state index contributed by atoms with van der Waals surface area (Å²) in [5.41, 5.74) is 0. The van der Waals surface area contributed by atoms with Crippen molar-refractivity contribution in [2.45, 2.75) is 18.6 Å². The van der Waals surface area contributed by atoms with Crippen molar-refractivity contribution < 1.29 is 14.6 Å². The van der Waals surface area contributed by atoms with E-state index in [0.717, 1.165) is 6.42 Å². The van der Waals surface area contributed by atoms with E-state index in [-0.39, 0.29) is 12.0 Å². The first-order valence-corrected chi connectivity index (χ1v) is 3.34. The smallest absolute Gasteiger partial charge is 0.336 e. The Labute approximate surface area is 58.3 Å². The lowest BCUT2D eigenvalue weighted by molar-refractivity contribution is -0.146. The predicted molar refractivity (Wildman–Crippen MR) is 33.1 cm³/mol. The van der Waals surface area contributed by atoms with Gasteiger partial charge in [0, 0.05) is 5.92 Å². The van der Waals surface area contributed by atoms with E-state index in [2.05, 4.69) is 0 Å². The molecule has 1 fully saturated rings. The van der Waals surface area contributed by atoms with Crippen LogP contribution < -0.4 is 0 Å². The number of hydrogen-bond donors (Lipinski definition) is 1. The third-order valence-corrected chi connectivity index (χ3v) is 2.06. The topological polar surface area (TPSA) is 46.5 Å². The van der Waals surface area contributed by atoms with Crippen molar-refractivity contribution in [2.24, 2.45) is 5.92 Å². The van der Waals surface area contributed by atoms with E-state index in [4.69, 9.17) is 9.84 Å². The maximum Gasteiger partial charge on any atom is 0.336 e. The zero-order valence-corrected chi connectivity index (χ0v) is 5.36.